The van der Waals surface area contributed by atoms with Crippen molar-refractivity contribution >= 4 is 17.7 Å². The minimum Gasteiger partial charge on any atom is -0.459 e. The van der Waals surface area contributed by atoms with Crippen molar-refractivity contribution in [3.8, 4) is 0 Å². The topological polar surface area (TPSA) is 82.9 Å². The number of hydrogen-bond acceptors (Lipinski definition) is 4. The van der Waals surface area contributed by atoms with E-state index >= 15 is 0 Å². The fraction of sp³-hybridized carbons (Fsp3) is 0.562. The first-order chi connectivity index (χ1) is 11.0. The van der Waals surface area contributed by atoms with Gasteiger partial charge in [-0.2, -0.15) is 0 Å². The largest absolute Gasteiger partial charge is 0.459 e. The highest BCUT2D eigenvalue weighted by atomic mass is 16.3. The van der Waals surface area contributed by atoms with Crippen LogP contribution in [0, 0.1) is 5.92 Å². The molecular weight excluding hydrogens is 298 g/mol. The Kier molecular flexibility index (Phi) is 5.78. The van der Waals surface area contributed by atoms with Crippen molar-refractivity contribution in [1.29, 1.82) is 0 Å². The van der Waals surface area contributed by atoms with Crippen molar-refractivity contribution in [1.82, 2.24) is 15.1 Å². The van der Waals surface area contributed by atoms with E-state index in [1.165, 1.54) is 6.26 Å². The predicted molar refractivity (Wildman–Crippen MR) is 83.7 cm³/mol. The molecule has 1 aliphatic rings. The monoisotopic (exact) mass is 321 g/mol. The number of nitrogens with one attached hydrogen (secondary N) is 1. The van der Waals surface area contributed by atoms with E-state index in [2.05, 4.69) is 5.32 Å². The molecule has 0 saturated carbocycles. The van der Waals surface area contributed by atoms with Crippen LogP contribution < -0.4 is 5.32 Å². The van der Waals surface area contributed by atoms with Gasteiger partial charge in [-0.15, -0.1) is 0 Å². The molecule has 126 valence electrons. The molecule has 0 atom stereocenters. The third-order valence-corrected chi connectivity index (χ3v) is 3.67. The minimum atomic E-state index is -0.252. The molecule has 0 aliphatic carbocycles. The van der Waals surface area contributed by atoms with Gasteiger partial charge in [0.2, 0.25) is 11.8 Å². The van der Waals surface area contributed by atoms with Crippen LogP contribution in [0.15, 0.2) is 22.8 Å². The molecule has 0 spiro atoms. The summed E-state index contributed by atoms with van der Waals surface area (Å²) in [7, 11) is 0. The van der Waals surface area contributed by atoms with Gasteiger partial charge >= 0.3 is 0 Å². The third-order valence-electron chi connectivity index (χ3n) is 3.67. The lowest BCUT2D eigenvalue weighted by molar-refractivity contribution is -0.137. The fourth-order valence-corrected chi connectivity index (χ4v) is 2.34. The maximum absolute atomic E-state index is 12.1. The normalized spacial score (nSPS) is 14.9. The standard InChI is InChI=1S/C16H23N3O4/c1-12(2)11-17-14(20)10-15(21)18-5-7-19(8-6-18)16(22)13-4-3-9-23-13/h3-4,9,12H,5-8,10-11H2,1-2H3,(H,17,20). The summed E-state index contributed by atoms with van der Waals surface area (Å²) in [5.41, 5.74) is 0. The highest BCUT2D eigenvalue weighted by molar-refractivity contribution is 5.97. The molecule has 2 heterocycles. The fourth-order valence-electron chi connectivity index (χ4n) is 2.34. The first-order valence-corrected chi connectivity index (χ1v) is 7.84. The molecule has 0 unspecified atom stereocenters. The predicted octanol–water partition coefficient (Wildman–Crippen LogP) is 0.726. The lowest BCUT2D eigenvalue weighted by Crippen LogP contribution is -2.51. The molecule has 1 aromatic heterocycles. The summed E-state index contributed by atoms with van der Waals surface area (Å²) in [5, 5.41) is 2.73. The summed E-state index contributed by atoms with van der Waals surface area (Å²) in [6, 6.07) is 3.29. The number of nitrogens with zero attached hydrogens (tertiary/aromatic N) is 2. The molecule has 1 N–H and O–H groups in total. The van der Waals surface area contributed by atoms with Gasteiger partial charge in [-0.1, -0.05) is 13.8 Å². The second kappa shape index (κ2) is 7.80. The van der Waals surface area contributed by atoms with Crippen molar-refractivity contribution in [3.05, 3.63) is 24.2 Å². The average Bonchev–Trinajstić information content (AvgIpc) is 3.06. The number of furan rings is 1. The van der Waals surface area contributed by atoms with E-state index in [0.717, 1.165) is 0 Å². The van der Waals surface area contributed by atoms with Crippen LogP contribution in [0.25, 0.3) is 0 Å². The Bertz CT molecular complexity index is 546. The molecule has 1 aromatic rings. The van der Waals surface area contributed by atoms with Gasteiger partial charge in [-0.3, -0.25) is 14.4 Å². The Hall–Kier alpha value is -2.31. The molecule has 1 saturated heterocycles. The van der Waals surface area contributed by atoms with Crippen molar-refractivity contribution in [2.45, 2.75) is 20.3 Å². The molecule has 1 aliphatic heterocycles. The summed E-state index contributed by atoms with van der Waals surface area (Å²) in [4.78, 5) is 39.2. The van der Waals surface area contributed by atoms with Crippen molar-refractivity contribution in [2.75, 3.05) is 32.7 Å². The zero-order valence-electron chi connectivity index (χ0n) is 13.6. The molecule has 0 radical (unpaired) electrons. The molecule has 23 heavy (non-hydrogen) atoms. The van der Waals surface area contributed by atoms with Crippen LogP contribution in [0.2, 0.25) is 0 Å². The summed E-state index contributed by atoms with van der Waals surface area (Å²) in [6.45, 7) is 6.31. The van der Waals surface area contributed by atoms with Crippen LogP contribution >= 0.6 is 0 Å². The quantitative estimate of drug-likeness (QED) is 0.810. The molecule has 0 bridgehead atoms. The van der Waals surface area contributed by atoms with E-state index in [1.54, 1.807) is 21.9 Å². The van der Waals surface area contributed by atoms with E-state index < -0.39 is 0 Å². The second-order valence-corrected chi connectivity index (χ2v) is 6.02. The Morgan fingerprint density at radius 2 is 1.83 bits per heavy atom. The SMILES string of the molecule is CC(C)CNC(=O)CC(=O)N1CCN(C(=O)c2ccco2)CC1. The van der Waals surface area contributed by atoms with Gasteiger partial charge in [0.1, 0.15) is 6.42 Å². The van der Waals surface area contributed by atoms with Gasteiger partial charge in [-0.05, 0) is 18.1 Å². The van der Waals surface area contributed by atoms with Gasteiger partial charge in [0.15, 0.2) is 5.76 Å². The van der Waals surface area contributed by atoms with Gasteiger partial charge < -0.3 is 19.5 Å². The maximum atomic E-state index is 12.1. The van der Waals surface area contributed by atoms with E-state index in [0.29, 0.717) is 44.4 Å². The summed E-state index contributed by atoms with van der Waals surface area (Å²) in [6.07, 6.45) is 1.32. The lowest BCUT2D eigenvalue weighted by atomic mass is 10.2. The number of carbonyl (C=O) groups is 3. The average molecular weight is 321 g/mol. The first-order valence-electron chi connectivity index (χ1n) is 7.84. The van der Waals surface area contributed by atoms with E-state index in [4.69, 9.17) is 4.42 Å². The van der Waals surface area contributed by atoms with Gasteiger partial charge in [0, 0.05) is 32.7 Å². The van der Waals surface area contributed by atoms with Gasteiger partial charge in [0.25, 0.3) is 5.91 Å². The number of carbonyl (C=O) groups excluding carboxylic acids is 3. The van der Waals surface area contributed by atoms with Crippen molar-refractivity contribution in [2.24, 2.45) is 5.92 Å². The molecule has 1 fully saturated rings. The highest BCUT2D eigenvalue weighted by Crippen LogP contribution is 2.10. The molecule has 3 amide bonds. The van der Waals surface area contributed by atoms with Gasteiger partial charge in [-0.25, -0.2) is 0 Å². The van der Waals surface area contributed by atoms with Crippen LogP contribution in [0.5, 0.6) is 0 Å². The Morgan fingerprint density at radius 3 is 2.39 bits per heavy atom. The van der Waals surface area contributed by atoms with E-state index in [-0.39, 0.29) is 24.1 Å². The number of rotatable bonds is 5. The van der Waals surface area contributed by atoms with Crippen LogP contribution in [-0.2, 0) is 9.59 Å². The zero-order chi connectivity index (χ0) is 16.8. The minimum absolute atomic E-state index is 0.140. The number of hydrogen-bond donors (Lipinski definition) is 1. The van der Waals surface area contributed by atoms with Crippen LogP contribution in [0.3, 0.4) is 0 Å². The Labute approximate surface area is 135 Å². The highest BCUT2D eigenvalue weighted by Gasteiger charge is 2.26. The number of piperazine rings is 1. The van der Waals surface area contributed by atoms with E-state index in [9.17, 15) is 14.4 Å². The number of amides is 3. The third kappa shape index (κ3) is 4.84. The molecule has 7 heteroatoms. The summed E-state index contributed by atoms with van der Waals surface area (Å²) in [5.74, 6) is 0.0361. The van der Waals surface area contributed by atoms with Crippen LogP contribution in [0.1, 0.15) is 30.8 Å². The van der Waals surface area contributed by atoms with E-state index in [1.807, 2.05) is 13.8 Å². The molecule has 7 nitrogen and oxygen atoms in total. The smallest absolute Gasteiger partial charge is 0.289 e. The van der Waals surface area contributed by atoms with Crippen molar-refractivity contribution < 1.29 is 18.8 Å². The maximum Gasteiger partial charge on any atom is 0.289 e. The Morgan fingerprint density at radius 1 is 1.17 bits per heavy atom. The second-order valence-electron chi connectivity index (χ2n) is 6.02. The summed E-state index contributed by atoms with van der Waals surface area (Å²) >= 11 is 0. The molecule has 2 rings (SSSR count). The van der Waals surface area contributed by atoms with Crippen LogP contribution in [-0.4, -0.2) is 60.2 Å². The van der Waals surface area contributed by atoms with Crippen LogP contribution in [0.4, 0.5) is 0 Å². The molecular formula is C16H23N3O4. The summed E-state index contributed by atoms with van der Waals surface area (Å²) < 4.78 is 5.10. The first kappa shape index (κ1) is 17.1. The molecule has 0 aromatic carbocycles. The lowest BCUT2D eigenvalue weighted by Gasteiger charge is -2.34. The van der Waals surface area contributed by atoms with Crippen molar-refractivity contribution in [3.63, 3.8) is 0 Å². The van der Waals surface area contributed by atoms with Gasteiger partial charge in [0.05, 0.1) is 6.26 Å². The Balaban J connectivity index is 1.76. The zero-order valence-corrected chi connectivity index (χ0v) is 13.6.